The molecule has 2 aromatic rings. The molecule has 1 N–H and O–H groups in total. The van der Waals surface area contributed by atoms with Gasteiger partial charge in [-0.15, -0.1) is 0 Å². The topological polar surface area (TPSA) is 94.3 Å². The molecule has 0 unspecified atom stereocenters. The Balaban J connectivity index is 2.33. The van der Waals surface area contributed by atoms with Gasteiger partial charge in [0, 0.05) is 0 Å². The summed E-state index contributed by atoms with van der Waals surface area (Å²) in [5, 5.41) is 9.71. The number of pyridine rings is 1. The van der Waals surface area contributed by atoms with Crippen LogP contribution < -0.4 is 5.56 Å². The van der Waals surface area contributed by atoms with Crippen LogP contribution in [0.3, 0.4) is 0 Å². The van der Waals surface area contributed by atoms with E-state index < -0.39 is 16.9 Å². The van der Waals surface area contributed by atoms with Crippen LogP contribution in [-0.2, 0) is 16.3 Å². The lowest BCUT2D eigenvalue weighted by Crippen LogP contribution is -2.28. The van der Waals surface area contributed by atoms with E-state index in [4.69, 9.17) is 4.74 Å². The van der Waals surface area contributed by atoms with Crippen LogP contribution in [0, 0.1) is 5.41 Å². The molecule has 106 valence electrons. The van der Waals surface area contributed by atoms with Crippen molar-refractivity contribution >= 4 is 16.9 Å². The molecule has 0 radical (unpaired) electrons. The summed E-state index contributed by atoms with van der Waals surface area (Å²) >= 11 is 0. The first-order chi connectivity index (χ1) is 9.30. The highest BCUT2D eigenvalue weighted by atomic mass is 16.5. The van der Waals surface area contributed by atoms with Gasteiger partial charge in [0.15, 0.2) is 6.73 Å². The molecule has 0 aromatic carbocycles. The number of ether oxygens (including phenoxy) is 1. The summed E-state index contributed by atoms with van der Waals surface area (Å²) in [6, 6.07) is 0. The Labute approximate surface area is 114 Å². The molecular formula is C13H15N3O4. The molecule has 0 aliphatic rings. The second-order valence-electron chi connectivity index (χ2n) is 5.38. The van der Waals surface area contributed by atoms with E-state index in [1.807, 2.05) is 0 Å². The number of esters is 1. The standard InChI is InChI=1S/C13H15N3O4/c1-13(2,3)12(19)20-7-16-6-15-8-4-14-5-9(17)10(8)11(16)18/h4-6,17H,7H2,1-3H3. The summed E-state index contributed by atoms with van der Waals surface area (Å²) in [4.78, 5) is 31.6. The van der Waals surface area contributed by atoms with Crippen molar-refractivity contribution < 1.29 is 14.6 Å². The minimum absolute atomic E-state index is 0.0503. The van der Waals surface area contributed by atoms with Crippen molar-refractivity contribution in [2.45, 2.75) is 27.5 Å². The fourth-order valence-electron chi connectivity index (χ4n) is 1.52. The van der Waals surface area contributed by atoms with E-state index >= 15 is 0 Å². The lowest BCUT2D eigenvalue weighted by Gasteiger charge is -2.17. The number of aromatic hydroxyl groups is 1. The first-order valence-corrected chi connectivity index (χ1v) is 6.00. The number of hydrogen-bond acceptors (Lipinski definition) is 6. The fourth-order valence-corrected chi connectivity index (χ4v) is 1.52. The zero-order chi connectivity index (χ0) is 14.9. The summed E-state index contributed by atoms with van der Waals surface area (Å²) in [7, 11) is 0. The monoisotopic (exact) mass is 277 g/mol. The number of hydrogen-bond donors (Lipinski definition) is 1. The molecule has 2 rings (SSSR count). The van der Waals surface area contributed by atoms with Crippen LogP contribution in [0.25, 0.3) is 10.9 Å². The Hall–Kier alpha value is -2.44. The van der Waals surface area contributed by atoms with Gasteiger partial charge < -0.3 is 9.84 Å². The van der Waals surface area contributed by atoms with Crippen molar-refractivity contribution in [3.63, 3.8) is 0 Å². The van der Waals surface area contributed by atoms with E-state index in [0.29, 0.717) is 0 Å². The molecule has 0 fully saturated rings. The van der Waals surface area contributed by atoms with Gasteiger partial charge in [-0.3, -0.25) is 19.1 Å². The van der Waals surface area contributed by atoms with E-state index in [2.05, 4.69) is 9.97 Å². The van der Waals surface area contributed by atoms with Crippen molar-refractivity contribution in [2.75, 3.05) is 0 Å². The molecule has 0 aliphatic carbocycles. The minimum Gasteiger partial charge on any atom is -0.505 e. The highest BCUT2D eigenvalue weighted by molar-refractivity contribution is 5.82. The van der Waals surface area contributed by atoms with Crippen LogP contribution in [0.5, 0.6) is 5.75 Å². The van der Waals surface area contributed by atoms with E-state index in [0.717, 1.165) is 10.8 Å². The number of rotatable bonds is 2. The van der Waals surface area contributed by atoms with Crippen LogP contribution in [0.2, 0.25) is 0 Å². The van der Waals surface area contributed by atoms with E-state index in [1.54, 1.807) is 20.8 Å². The lowest BCUT2D eigenvalue weighted by atomic mass is 9.98. The summed E-state index contributed by atoms with van der Waals surface area (Å²) in [6.45, 7) is 4.90. The fraction of sp³-hybridized carbons (Fsp3) is 0.385. The van der Waals surface area contributed by atoms with Gasteiger partial charge in [0.25, 0.3) is 5.56 Å². The Morgan fingerprint density at radius 2 is 2.10 bits per heavy atom. The second kappa shape index (κ2) is 4.92. The van der Waals surface area contributed by atoms with Gasteiger partial charge in [-0.25, -0.2) is 4.98 Å². The Bertz CT molecular complexity index is 716. The third kappa shape index (κ3) is 2.61. The number of carbonyl (C=O) groups excluding carboxylic acids is 1. The van der Waals surface area contributed by atoms with Crippen LogP contribution in [-0.4, -0.2) is 25.6 Å². The average molecular weight is 277 g/mol. The second-order valence-corrected chi connectivity index (χ2v) is 5.38. The molecule has 0 amide bonds. The molecule has 0 saturated heterocycles. The Morgan fingerprint density at radius 1 is 1.40 bits per heavy atom. The van der Waals surface area contributed by atoms with Gasteiger partial charge >= 0.3 is 5.97 Å². The third-order valence-electron chi connectivity index (χ3n) is 2.66. The number of nitrogens with zero attached hydrogens (tertiary/aromatic N) is 3. The molecule has 20 heavy (non-hydrogen) atoms. The van der Waals surface area contributed by atoms with Gasteiger partial charge in [-0.1, -0.05) is 0 Å². The van der Waals surface area contributed by atoms with Crippen molar-refractivity contribution in [2.24, 2.45) is 5.41 Å². The first kappa shape index (κ1) is 14.0. The Kier molecular flexibility index (Phi) is 3.44. The van der Waals surface area contributed by atoms with Crippen LogP contribution in [0.4, 0.5) is 0 Å². The maximum absolute atomic E-state index is 12.2. The third-order valence-corrected chi connectivity index (χ3v) is 2.66. The first-order valence-electron chi connectivity index (χ1n) is 6.00. The van der Waals surface area contributed by atoms with Gasteiger partial charge in [-0.2, -0.15) is 0 Å². The van der Waals surface area contributed by atoms with Gasteiger partial charge in [0.05, 0.1) is 23.3 Å². The van der Waals surface area contributed by atoms with E-state index in [1.165, 1.54) is 12.5 Å². The zero-order valence-electron chi connectivity index (χ0n) is 11.5. The van der Waals surface area contributed by atoms with Gasteiger partial charge in [-0.05, 0) is 20.8 Å². The molecule has 7 heteroatoms. The molecular weight excluding hydrogens is 262 g/mol. The predicted octanol–water partition coefficient (Wildman–Crippen LogP) is 1.04. The van der Waals surface area contributed by atoms with Crippen molar-refractivity contribution in [3.8, 4) is 5.75 Å². The summed E-state index contributed by atoms with van der Waals surface area (Å²) < 4.78 is 6.17. The maximum atomic E-state index is 12.2. The molecule has 2 heterocycles. The molecule has 2 aromatic heterocycles. The summed E-state index contributed by atoms with van der Waals surface area (Å²) in [5.41, 5.74) is -0.857. The smallest absolute Gasteiger partial charge is 0.312 e. The zero-order valence-corrected chi connectivity index (χ0v) is 11.5. The van der Waals surface area contributed by atoms with Crippen LogP contribution >= 0.6 is 0 Å². The van der Waals surface area contributed by atoms with Gasteiger partial charge in [0.1, 0.15) is 17.5 Å². The van der Waals surface area contributed by atoms with E-state index in [-0.39, 0.29) is 23.4 Å². The van der Waals surface area contributed by atoms with E-state index in [9.17, 15) is 14.7 Å². The maximum Gasteiger partial charge on any atom is 0.312 e. The molecule has 0 aliphatic heterocycles. The number of aromatic nitrogens is 3. The minimum atomic E-state index is -0.653. The van der Waals surface area contributed by atoms with Crippen molar-refractivity contribution in [3.05, 3.63) is 29.1 Å². The quantitative estimate of drug-likeness (QED) is 0.824. The van der Waals surface area contributed by atoms with Crippen molar-refractivity contribution in [1.29, 1.82) is 0 Å². The molecule has 0 spiro atoms. The highest BCUT2D eigenvalue weighted by Crippen LogP contribution is 2.17. The SMILES string of the molecule is CC(C)(C)C(=O)OCn1cnc2cncc(O)c2c1=O. The van der Waals surface area contributed by atoms with Gasteiger partial charge in [0.2, 0.25) is 0 Å². The highest BCUT2D eigenvalue weighted by Gasteiger charge is 2.23. The van der Waals surface area contributed by atoms with Crippen molar-refractivity contribution in [1.82, 2.24) is 14.5 Å². The number of fused-ring (bicyclic) bond motifs is 1. The largest absolute Gasteiger partial charge is 0.505 e. The normalized spacial score (nSPS) is 11.6. The summed E-state index contributed by atoms with van der Waals surface area (Å²) in [6.07, 6.45) is 3.79. The molecule has 7 nitrogen and oxygen atoms in total. The molecule has 0 saturated carbocycles. The van der Waals surface area contributed by atoms with Crippen LogP contribution in [0.1, 0.15) is 20.8 Å². The van der Waals surface area contributed by atoms with Crippen LogP contribution in [0.15, 0.2) is 23.5 Å². The number of carbonyl (C=O) groups is 1. The predicted molar refractivity (Wildman–Crippen MR) is 71.0 cm³/mol. The molecule has 0 atom stereocenters. The average Bonchev–Trinajstić information content (AvgIpc) is 2.36. The molecule has 0 bridgehead atoms. The lowest BCUT2D eigenvalue weighted by molar-refractivity contribution is -0.157. The Morgan fingerprint density at radius 3 is 2.75 bits per heavy atom. The summed E-state index contributed by atoms with van der Waals surface area (Å²) in [5.74, 6) is -0.681.